The van der Waals surface area contributed by atoms with Crippen LogP contribution in [-0.2, 0) is 14.1 Å². The fourth-order valence-electron chi connectivity index (χ4n) is 2.65. The van der Waals surface area contributed by atoms with Crippen LogP contribution in [0.2, 0.25) is 0 Å². The topological polar surface area (TPSA) is 88.0 Å². The molecule has 0 radical (unpaired) electrons. The van der Waals surface area contributed by atoms with E-state index in [1.807, 2.05) is 14.1 Å². The average Bonchev–Trinajstić information content (AvgIpc) is 2.55. The molecular weight excluding hydrogens is 296 g/mol. The van der Waals surface area contributed by atoms with Gasteiger partial charge in [-0.2, -0.15) is 5.26 Å². The van der Waals surface area contributed by atoms with Gasteiger partial charge >= 0.3 is 5.69 Å². The van der Waals surface area contributed by atoms with E-state index in [0.29, 0.717) is 22.4 Å². The van der Waals surface area contributed by atoms with Crippen LogP contribution in [0.1, 0.15) is 5.56 Å². The Morgan fingerprint density at radius 3 is 2.57 bits per heavy atom. The number of nitriles is 1. The number of aryl methyl sites for hydroxylation is 1. The normalized spacial score (nSPS) is 10.9. The molecule has 116 valence electrons. The van der Waals surface area contributed by atoms with Crippen molar-refractivity contribution in [1.82, 2.24) is 14.1 Å². The van der Waals surface area contributed by atoms with Crippen LogP contribution in [0.4, 0.5) is 5.82 Å². The first-order valence-electron chi connectivity index (χ1n) is 6.89. The van der Waals surface area contributed by atoms with Crippen LogP contribution in [0.3, 0.4) is 0 Å². The Balaban J connectivity index is 2.71. The summed E-state index contributed by atoms with van der Waals surface area (Å²) in [5.41, 5.74) is 0.384. The molecular formula is C15H15N6O2+. The SMILES string of the molecule is CN(C)c1c2c(=O)n(C)c(=O)n(C)c2nc2cc(C#N)cc[n+]12. The van der Waals surface area contributed by atoms with E-state index in [0.717, 1.165) is 4.57 Å². The summed E-state index contributed by atoms with van der Waals surface area (Å²) in [6, 6.07) is 5.33. The lowest BCUT2D eigenvalue weighted by Crippen LogP contribution is -2.41. The summed E-state index contributed by atoms with van der Waals surface area (Å²) in [5.74, 6) is 0.602. The summed E-state index contributed by atoms with van der Waals surface area (Å²) in [5, 5.41) is 9.41. The Kier molecular flexibility index (Phi) is 3.14. The zero-order valence-electron chi connectivity index (χ0n) is 13.2. The maximum atomic E-state index is 12.6. The molecule has 0 aliphatic carbocycles. The Bertz CT molecular complexity index is 1120. The molecule has 0 saturated carbocycles. The van der Waals surface area contributed by atoms with Crippen molar-refractivity contribution in [2.75, 3.05) is 19.0 Å². The Hall–Kier alpha value is -3.21. The van der Waals surface area contributed by atoms with E-state index in [9.17, 15) is 9.59 Å². The highest BCUT2D eigenvalue weighted by molar-refractivity contribution is 5.85. The molecule has 0 atom stereocenters. The van der Waals surface area contributed by atoms with E-state index in [1.165, 1.54) is 11.6 Å². The zero-order valence-corrected chi connectivity index (χ0v) is 13.2. The third kappa shape index (κ3) is 1.97. The summed E-state index contributed by atoms with van der Waals surface area (Å²) in [6.45, 7) is 0. The molecule has 0 aliphatic heterocycles. The van der Waals surface area contributed by atoms with E-state index in [2.05, 4.69) is 11.1 Å². The fourth-order valence-corrected chi connectivity index (χ4v) is 2.65. The second-order valence-electron chi connectivity index (χ2n) is 5.49. The highest BCUT2D eigenvalue weighted by Crippen LogP contribution is 2.17. The minimum atomic E-state index is -0.444. The molecule has 0 unspecified atom stereocenters. The molecule has 23 heavy (non-hydrogen) atoms. The van der Waals surface area contributed by atoms with Crippen molar-refractivity contribution < 1.29 is 4.40 Å². The summed E-state index contributed by atoms with van der Waals surface area (Å²) >= 11 is 0. The van der Waals surface area contributed by atoms with Gasteiger partial charge in [-0.1, -0.05) is 4.98 Å². The van der Waals surface area contributed by atoms with E-state index < -0.39 is 11.2 Å². The van der Waals surface area contributed by atoms with Crippen molar-refractivity contribution in [3.05, 3.63) is 44.7 Å². The van der Waals surface area contributed by atoms with Gasteiger partial charge in [0.1, 0.15) is 0 Å². The van der Waals surface area contributed by atoms with Crippen LogP contribution in [-0.4, -0.2) is 28.2 Å². The molecule has 3 heterocycles. The van der Waals surface area contributed by atoms with Gasteiger partial charge in [0.05, 0.1) is 31.9 Å². The van der Waals surface area contributed by atoms with Gasteiger partial charge in [0.15, 0.2) is 5.39 Å². The number of hydrogen-bond acceptors (Lipinski definition) is 5. The summed E-state index contributed by atoms with van der Waals surface area (Å²) in [4.78, 5) is 31.0. The molecule has 0 aliphatic rings. The predicted molar refractivity (Wildman–Crippen MR) is 84.4 cm³/mol. The number of nitrogens with zero attached hydrogens (tertiary/aromatic N) is 6. The Labute approximate surface area is 131 Å². The average molecular weight is 311 g/mol. The van der Waals surface area contributed by atoms with Crippen molar-refractivity contribution in [3.8, 4) is 6.07 Å². The van der Waals surface area contributed by atoms with E-state index in [1.54, 1.807) is 34.7 Å². The van der Waals surface area contributed by atoms with Crippen molar-refractivity contribution in [1.29, 1.82) is 5.26 Å². The van der Waals surface area contributed by atoms with Crippen molar-refractivity contribution >= 4 is 22.5 Å². The van der Waals surface area contributed by atoms with E-state index >= 15 is 0 Å². The minimum Gasteiger partial charge on any atom is -0.297 e. The molecule has 3 rings (SSSR count). The van der Waals surface area contributed by atoms with Gasteiger partial charge in [-0.05, 0) is 6.07 Å². The standard InChI is InChI=1S/C15H15N6O2/c1-18(2)13-11-12(19(3)15(23)20(4)14(11)22)17-10-7-9(8-16)5-6-21(10)13/h5-7H,1-4H3/q+1. The van der Waals surface area contributed by atoms with Crippen LogP contribution in [0.5, 0.6) is 0 Å². The van der Waals surface area contributed by atoms with Crippen LogP contribution >= 0.6 is 0 Å². The van der Waals surface area contributed by atoms with Crippen molar-refractivity contribution in [2.24, 2.45) is 14.1 Å². The second-order valence-corrected chi connectivity index (χ2v) is 5.49. The van der Waals surface area contributed by atoms with E-state index in [-0.39, 0.29) is 5.65 Å². The predicted octanol–water partition coefficient (Wildman–Crippen LogP) is -0.691. The number of pyridine rings is 1. The Morgan fingerprint density at radius 1 is 1.26 bits per heavy atom. The van der Waals surface area contributed by atoms with Crippen LogP contribution in [0.25, 0.3) is 16.7 Å². The molecule has 0 spiro atoms. The van der Waals surface area contributed by atoms with Gasteiger partial charge in [-0.25, -0.2) is 9.20 Å². The number of rotatable bonds is 1. The lowest BCUT2D eigenvalue weighted by molar-refractivity contribution is -0.499. The lowest BCUT2D eigenvalue weighted by Gasteiger charge is -2.13. The third-order valence-corrected chi connectivity index (χ3v) is 3.79. The molecule has 0 fully saturated rings. The van der Waals surface area contributed by atoms with Gasteiger partial charge < -0.3 is 0 Å². The molecule has 8 nitrogen and oxygen atoms in total. The third-order valence-electron chi connectivity index (χ3n) is 3.79. The Morgan fingerprint density at radius 2 is 1.96 bits per heavy atom. The maximum Gasteiger partial charge on any atom is 0.333 e. The van der Waals surface area contributed by atoms with Crippen molar-refractivity contribution in [3.63, 3.8) is 0 Å². The maximum absolute atomic E-state index is 12.6. The smallest absolute Gasteiger partial charge is 0.297 e. The molecule has 0 bridgehead atoms. The number of hydrogen-bond donors (Lipinski definition) is 0. The lowest BCUT2D eigenvalue weighted by atomic mass is 10.2. The van der Waals surface area contributed by atoms with E-state index in [4.69, 9.17) is 5.26 Å². The first-order chi connectivity index (χ1) is 10.9. The molecule has 0 saturated heterocycles. The number of anilines is 1. The van der Waals surface area contributed by atoms with Gasteiger partial charge in [-0.3, -0.25) is 18.8 Å². The largest absolute Gasteiger partial charge is 0.333 e. The highest BCUT2D eigenvalue weighted by Gasteiger charge is 2.24. The van der Waals surface area contributed by atoms with Gasteiger partial charge in [0.25, 0.3) is 11.2 Å². The quantitative estimate of drug-likeness (QED) is 0.438. The molecule has 8 heteroatoms. The first-order valence-corrected chi connectivity index (χ1v) is 6.89. The monoisotopic (exact) mass is 311 g/mol. The number of aromatic nitrogens is 4. The summed E-state index contributed by atoms with van der Waals surface area (Å²) < 4.78 is 4.13. The van der Waals surface area contributed by atoms with Gasteiger partial charge in [0.2, 0.25) is 11.5 Å². The van der Waals surface area contributed by atoms with Gasteiger partial charge in [-0.15, -0.1) is 0 Å². The molecule has 0 N–H and O–H groups in total. The number of fused-ring (bicyclic) bond motifs is 2. The molecule has 0 aromatic carbocycles. The summed E-state index contributed by atoms with van der Waals surface area (Å²) in [6.07, 6.45) is 1.69. The van der Waals surface area contributed by atoms with Crippen LogP contribution in [0, 0.1) is 11.3 Å². The molecule has 3 aromatic rings. The van der Waals surface area contributed by atoms with Crippen LogP contribution < -0.4 is 20.5 Å². The molecule has 3 aromatic heterocycles. The second kappa shape index (κ2) is 4.91. The first kappa shape index (κ1) is 14.7. The van der Waals surface area contributed by atoms with Crippen molar-refractivity contribution in [2.45, 2.75) is 0 Å². The van der Waals surface area contributed by atoms with Gasteiger partial charge in [0, 0.05) is 20.2 Å². The highest BCUT2D eigenvalue weighted by atomic mass is 16.2. The minimum absolute atomic E-state index is 0.289. The zero-order chi connectivity index (χ0) is 16.9. The van der Waals surface area contributed by atoms with Crippen LogP contribution in [0.15, 0.2) is 27.9 Å². The fraction of sp³-hybridized carbons (Fsp3) is 0.267. The summed E-state index contributed by atoms with van der Waals surface area (Å²) in [7, 11) is 6.63. The molecule has 0 amide bonds.